The minimum absolute atomic E-state index is 0.0815. The molecule has 3 heteroatoms. The lowest BCUT2D eigenvalue weighted by molar-refractivity contribution is -0.872. The highest BCUT2D eigenvalue weighted by Gasteiger charge is 2.08. The van der Waals surface area contributed by atoms with Crippen molar-refractivity contribution in [2.45, 2.75) is 6.54 Å². The molecule has 0 spiro atoms. The van der Waals surface area contributed by atoms with Gasteiger partial charge in [0.25, 0.3) is 0 Å². The van der Waals surface area contributed by atoms with E-state index >= 15 is 0 Å². The molecule has 78 valence electrons. The topological polar surface area (TPSA) is 34.7 Å². The summed E-state index contributed by atoms with van der Waals surface area (Å²) in [7, 11) is 4.02. The smallest absolute Gasteiger partial charge is 0.201 e. The van der Waals surface area contributed by atoms with Crippen molar-refractivity contribution in [3.8, 4) is 0 Å². The number of hydrogen-bond acceptors (Lipinski definition) is 2. The normalized spacial score (nSPS) is 11.1. The van der Waals surface area contributed by atoms with Gasteiger partial charge in [0.2, 0.25) is 5.43 Å². The van der Waals surface area contributed by atoms with Gasteiger partial charge < -0.3 is 9.32 Å². The number of benzene rings is 1. The maximum Gasteiger partial charge on any atom is 0.201 e. The molecule has 1 aromatic heterocycles. The molecule has 0 aliphatic heterocycles. The average Bonchev–Trinajstić information content (AvgIpc) is 2.22. The van der Waals surface area contributed by atoms with Gasteiger partial charge in [0.15, 0.2) is 0 Å². The summed E-state index contributed by atoms with van der Waals surface area (Å²) in [5.74, 6) is 0. The third kappa shape index (κ3) is 1.92. The van der Waals surface area contributed by atoms with Gasteiger partial charge in [0.1, 0.15) is 18.4 Å². The van der Waals surface area contributed by atoms with E-state index in [4.69, 9.17) is 4.42 Å². The van der Waals surface area contributed by atoms with E-state index in [0.717, 1.165) is 5.56 Å². The van der Waals surface area contributed by atoms with Crippen LogP contribution in [0.4, 0.5) is 0 Å². The Balaban J connectivity index is 2.60. The highest BCUT2D eigenvalue weighted by molar-refractivity contribution is 5.76. The number of fused-ring (bicyclic) bond motifs is 1. The molecule has 0 saturated carbocycles. The summed E-state index contributed by atoms with van der Waals surface area (Å²) < 4.78 is 5.41. The van der Waals surface area contributed by atoms with Crippen molar-refractivity contribution in [1.29, 1.82) is 0 Å². The second-order valence-corrected chi connectivity index (χ2v) is 3.97. The molecule has 2 aromatic rings. The van der Waals surface area contributed by atoms with Crippen molar-refractivity contribution in [3.05, 3.63) is 46.3 Å². The molecule has 1 heterocycles. The molecule has 0 radical (unpaired) electrons. The summed E-state index contributed by atoms with van der Waals surface area (Å²) in [6.07, 6.45) is 1.57. The molecule has 2 rings (SSSR count). The Kier molecular flexibility index (Phi) is 2.56. The molecule has 0 saturated heterocycles. The van der Waals surface area contributed by atoms with Crippen LogP contribution in [0, 0.1) is 0 Å². The lowest BCUT2D eigenvalue weighted by Crippen LogP contribution is -3.04. The van der Waals surface area contributed by atoms with Crippen LogP contribution in [0.25, 0.3) is 11.0 Å². The minimum atomic E-state index is 0.0815. The van der Waals surface area contributed by atoms with E-state index < -0.39 is 0 Å². The first-order chi connectivity index (χ1) is 7.18. The van der Waals surface area contributed by atoms with Crippen LogP contribution < -0.4 is 10.3 Å². The molecule has 0 atom stereocenters. The van der Waals surface area contributed by atoms with Crippen molar-refractivity contribution in [2.75, 3.05) is 14.1 Å². The van der Waals surface area contributed by atoms with E-state index in [-0.39, 0.29) is 5.43 Å². The Morgan fingerprint density at radius 1 is 1.27 bits per heavy atom. The Bertz CT molecular complexity index is 528. The van der Waals surface area contributed by atoms with Gasteiger partial charge in [-0.2, -0.15) is 0 Å². The zero-order valence-electron chi connectivity index (χ0n) is 8.91. The second kappa shape index (κ2) is 3.87. The zero-order chi connectivity index (χ0) is 10.8. The molecule has 0 unspecified atom stereocenters. The van der Waals surface area contributed by atoms with Crippen LogP contribution in [0.5, 0.6) is 0 Å². The quantitative estimate of drug-likeness (QED) is 0.770. The fraction of sp³-hybridized carbons (Fsp3) is 0.250. The predicted molar refractivity (Wildman–Crippen MR) is 59.0 cm³/mol. The van der Waals surface area contributed by atoms with Crippen LogP contribution in [0.3, 0.4) is 0 Å². The van der Waals surface area contributed by atoms with E-state index in [1.54, 1.807) is 12.3 Å². The van der Waals surface area contributed by atoms with Gasteiger partial charge in [-0.15, -0.1) is 0 Å². The Labute approximate surface area is 87.9 Å². The Hall–Kier alpha value is -1.61. The van der Waals surface area contributed by atoms with Crippen molar-refractivity contribution in [3.63, 3.8) is 0 Å². The second-order valence-electron chi connectivity index (χ2n) is 3.97. The van der Waals surface area contributed by atoms with E-state index in [9.17, 15) is 4.79 Å². The Morgan fingerprint density at radius 3 is 2.73 bits per heavy atom. The van der Waals surface area contributed by atoms with Gasteiger partial charge >= 0.3 is 0 Å². The van der Waals surface area contributed by atoms with Gasteiger partial charge in [-0.3, -0.25) is 4.79 Å². The molecule has 1 N–H and O–H groups in total. The summed E-state index contributed by atoms with van der Waals surface area (Å²) >= 11 is 0. The number of rotatable bonds is 2. The average molecular weight is 204 g/mol. The van der Waals surface area contributed by atoms with Crippen LogP contribution in [0.1, 0.15) is 5.56 Å². The van der Waals surface area contributed by atoms with E-state index in [1.165, 1.54) is 4.90 Å². The fourth-order valence-corrected chi connectivity index (χ4v) is 1.62. The Morgan fingerprint density at radius 2 is 2.00 bits per heavy atom. The van der Waals surface area contributed by atoms with Crippen molar-refractivity contribution >= 4 is 11.0 Å². The van der Waals surface area contributed by atoms with E-state index in [1.807, 2.05) is 32.3 Å². The van der Waals surface area contributed by atoms with Crippen LogP contribution in [-0.2, 0) is 6.54 Å². The van der Waals surface area contributed by atoms with Crippen molar-refractivity contribution in [2.24, 2.45) is 0 Å². The van der Waals surface area contributed by atoms with Crippen LogP contribution in [-0.4, -0.2) is 14.1 Å². The maximum atomic E-state index is 12.0. The van der Waals surface area contributed by atoms with Crippen LogP contribution in [0.2, 0.25) is 0 Å². The summed E-state index contributed by atoms with van der Waals surface area (Å²) in [5, 5.41) is 0.663. The molecular weight excluding hydrogens is 190 g/mol. The third-order valence-electron chi connectivity index (χ3n) is 2.30. The van der Waals surface area contributed by atoms with Crippen molar-refractivity contribution < 1.29 is 9.32 Å². The molecule has 0 aliphatic carbocycles. The zero-order valence-corrected chi connectivity index (χ0v) is 8.91. The number of para-hydroxylation sites is 1. The van der Waals surface area contributed by atoms with E-state index in [0.29, 0.717) is 17.5 Å². The third-order valence-corrected chi connectivity index (χ3v) is 2.30. The monoisotopic (exact) mass is 204 g/mol. The summed E-state index contributed by atoms with van der Waals surface area (Å²) in [6, 6.07) is 7.33. The highest BCUT2D eigenvalue weighted by Crippen LogP contribution is 2.09. The van der Waals surface area contributed by atoms with Gasteiger partial charge in [-0.05, 0) is 12.1 Å². The highest BCUT2D eigenvalue weighted by atomic mass is 16.3. The van der Waals surface area contributed by atoms with E-state index in [2.05, 4.69) is 0 Å². The SMILES string of the molecule is C[NH+](C)Cc1coc2ccccc2c1=O. The molecular formula is C12H14NO2+. The van der Waals surface area contributed by atoms with Gasteiger partial charge in [-0.25, -0.2) is 0 Å². The fourth-order valence-electron chi connectivity index (χ4n) is 1.62. The lowest BCUT2D eigenvalue weighted by atomic mass is 10.2. The first-order valence-electron chi connectivity index (χ1n) is 4.97. The predicted octanol–water partition coefficient (Wildman–Crippen LogP) is 0.438. The summed E-state index contributed by atoms with van der Waals surface area (Å²) in [5.41, 5.74) is 1.46. The first kappa shape index (κ1) is 9.93. The largest absolute Gasteiger partial charge is 0.464 e. The van der Waals surface area contributed by atoms with Crippen LogP contribution >= 0.6 is 0 Å². The molecule has 0 fully saturated rings. The number of nitrogens with one attached hydrogen (secondary N) is 1. The molecule has 0 bridgehead atoms. The first-order valence-corrected chi connectivity index (χ1v) is 4.97. The maximum absolute atomic E-state index is 12.0. The molecule has 0 aliphatic rings. The molecule has 1 aromatic carbocycles. The number of hydrogen-bond donors (Lipinski definition) is 1. The molecule has 0 amide bonds. The van der Waals surface area contributed by atoms with Gasteiger partial charge in [-0.1, -0.05) is 12.1 Å². The van der Waals surface area contributed by atoms with Crippen molar-refractivity contribution in [1.82, 2.24) is 0 Å². The molecule has 3 nitrogen and oxygen atoms in total. The standard InChI is InChI=1S/C12H13NO2/c1-13(2)7-9-8-15-11-6-4-3-5-10(11)12(9)14/h3-6,8H,7H2,1-2H3/p+1. The number of quaternary nitrogens is 1. The lowest BCUT2D eigenvalue weighted by Gasteiger charge is -2.06. The summed E-state index contributed by atoms with van der Waals surface area (Å²) in [6.45, 7) is 0.688. The van der Waals surface area contributed by atoms with Crippen LogP contribution in [0.15, 0.2) is 39.7 Å². The summed E-state index contributed by atoms with van der Waals surface area (Å²) in [4.78, 5) is 13.2. The molecule has 15 heavy (non-hydrogen) atoms. The van der Waals surface area contributed by atoms with Gasteiger partial charge in [0.05, 0.1) is 25.0 Å². The van der Waals surface area contributed by atoms with Gasteiger partial charge in [0, 0.05) is 0 Å². The minimum Gasteiger partial charge on any atom is -0.464 e.